The second-order valence-electron chi connectivity index (χ2n) is 10.1. The van der Waals surface area contributed by atoms with Crippen molar-refractivity contribution in [2.75, 3.05) is 17.2 Å². The van der Waals surface area contributed by atoms with Gasteiger partial charge in [0.05, 0.1) is 17.1 Å². The van der Waals surface area contributed by atoms with Gasteiger partial charge in [0.2, 0.25) is 5.91 Å². The van der Waals surface area contributed by atoms with Gasteiger partial charge in [-0.15, -0.1) is 18.3 Å². The van der Waals surface area contributed by atoms with Gasteiger partial charge in [-0.3, -0.25) is 9.69 Å². The summed E-state index contributed by atoms with van der Waals surface area (Å²) in [6.45, 7) is 6.23. The number of aliphatic imine (C=N–C) groups is 1. The Morgan fingerprint density at radius 3 is 2.39 bits per heavy atom. The maximum absolute atomic E-state index is 12.8. The van der Waals surface area contributed by atoms with Crippen molar-refractivity contribution in [2.45, 2.75) is 39.5 Å². The molecule has 1 aliphatic heterocycles. The highest BCUT2D eigenvalue weighted by molar-refractivity contribution is 8.15. The molecule has 9 nitrogen and oxygen atoms in total. The van der Waals surface area contributed by atoms with Crippen molar-refractivity contribution < 1.29 is 27.5 Å². The third-order valence-electron chi connectivity index (χ3n) is 7.09. The number of thioether (sulfide) groups is 1. The number of nitrogens with one attached hydrogen (secondary N) is 1. The number of alkyl halides is 3. The molecule has 0 aliphatic carbocycles. The predicted molar refractivity (Wildman–Crippen MR) is 163 cm³/mol. The molecule has 228 valence electrons. The van der Waals surface area contributed by atoms with Gasteiger partial charge in [-0.2, -0.15) is 4.99 Å². The molecule has 13 heteroatoms. The number of rotatable bonds is 8. The molecule has 0 spiro atoms. The van der Waals surface area contributed by atoms with E-state index in [1.54, 1.807) is 0 Å². The fraction of sp³-hybridized carbons (Fsp3) is 0.258. The van der Waals surface area contributed by atoms with Gasteiger partial charge in [0, 0.05) is 18.0 Å². The van der Waals surface area contributed by atoms with Crippen LogP contribution in [0, 0.1) is 13.8 Å². The van der Waals surface area contributed by atoms with Gasteiger partial charge >= 0.3 is 12.4 Å². The molecule has 3 amide bonds. The number of para-hydroxylation sites is 1. The van der Waals surface area contributed by atoms with Crippen LogP contribution in [0.15, 0.2) is 78.0 Å². The molecule has 1 atom stereocenters. The standard InChI is InChI=1S/C31H29F3N6O3S/c1-4-21(16-35-29(42)37-30-40(26(41)17-44-30)27-19(2)6-5-7-20(27)3)22-8-10-23(11-9-22)28-36-18-39(38-28)24-12-14-25(15-13-24)43-31(32,33)34/h5-15,18,21H,4,16-17H2,1-3H3,(H,35,42). The van der Waals surface area contributed by atoms with Crippen LogP contribution in [0.5, 0.6) is 5.75 Å². The number of hydrogen-bond donors (Lipinski definition) is 1. The number of halogens is 3. The Hall–Kier alpha value is -4.65. The number of ether oxygens (including phenoxy) is 1. The highest BCUT2D eigenvalue weighted by atomic mass is 32.2. The average Bonchev–Trinajstić information content (AvgIpc) is 3.61. The number of nitrogens with zero attached hydrogens (tertiary/aromatic N) is 5. The molecular weight excluding hydrogens is 593 g/mol. The van der Waals surface area contributed by atoms with Crippen LogP contribution in [0.3, 0.4) is 0 Å². The SMILES string of the molecule is CCC(CNC(=O)N=C1SCC(=O)N1c1c(C)cccc1C)c1ccc(-c2ncn(-c3ccc(OC(F)(F)F)cc3)n2)cc1. The van der Waals surface area contributed by atoms with Gasteiger partial charge < -0.3 is 10.1 Å². The van der Waals surface area contributed by atoms with E-state index in [0.29, 0.717) is 23.2 Å². The minimum Gasteiger partial charge on any atom is -0.406 e. The van der Waals surface area contributed by atoms with Crippen LogP contribution >= 0.6 is 11.8 Å². The van der Waals surface area contributed by atoms with E-state index in [1.165, 1.54) is 51.9 Å². The highest BCUT2D eigenvalue weighted by Gasteiger charge is 2.33. The Labute approximate surface area is 256 Å². The fourth-order valence-corrected chi connectivity index (χ4v) is 5.73. The lowest BCUT2D eigenvalue weighted by atomic mass is 9.95. The largest absolute Gasteiger partial charge is 0.573 e. The van der Waals surface area contributed by atoms with Crippen molar-refractivity contribution in [3.05, 3.63) is 89.7 Å². The summed E-state index contributed by atoms with van der Waals surface area (Å²) in [5.74, 6) is 0.251. The number of amides is 3. The third kappa shape index (κ3) is 7.10. The lowest BCUT2D eigenvalue weighted by molar-refractivity contribution is -0.274. The molecule has 1 saturated heterocycles. The number of hydrogen-bond acceptors (Lipinski definition) is 6. The predicted octanol–water partition coefficient (Wildman–Crippen LogP) is 6.79. The van der Waals surface area contributed by atoms with Crippen molar-refractivity contribution >= 4 is 34.6 Å². The van der Waals surface area contributed by atoms with Crippen LogP contribution in [-0.2, 0) is 4.79 Å². The molecule has 1 unspecified atom stereocenters. The molecule has 1 fully saturated rings. The molecule has 5 rings (SSSR count). The Morgan fingerprint density at radius 2 is 1.75 bits per heavy atom. The number of anilines is 1. The Bertz CT molecular complexity index is 1670. The topological polar surface area (TPSA) is 102 Å². The lowest BCUT2D eigenvalue weighted by Crippen LogP contribution is -2.33. The number of aryl methyl sites for hydroxylation is 2. The zero-order valence-electron chi connectivity index (χ0n) is 24.1. The van der Waals surface area contributed by atoms with Crippen LogP contribution in [0.2, 0.25) is 0 Å². The van der Waals surface area contributed by atoms with Crippen molar-refractivity contribution in [1.29, 1.82) is 0 Å². The van der Waals surface area contributed by atoms with Crippen LogP contribution in [0.1, 0.15) is 36.0 Å². The minimum atomic E-state index is -4.76. The number of amidine groups is 1. The normalized spacial score (nSPS) is 15.1. The monoisotopic (exact) mass is 622 g/mol. The van der Waals surface area contributed by atoms with Crippen LogP contribution in [-0.4, -0.2) is 50.5 Å². The van der Waals surface area contributed by atoms with E-state index in [2.05, 4.69) is 25.1 Å². The van der Waals surface area contributed by atoms with E-state index in [1.807, 2.05) is 63.2 Å². The summed E-state index contributed by atoms with van der Waals surface area (Å²) in [4.78, 5) is 35.6. The molecule has 0 bridgehead atoms. The number of carbonyl (C=O) groups excluding carboxylic acids is 2. The molecule has 3 aromatic carbocycles. The maximum Gasteiger partial charge on any atom is 0.573 e. The first-order valence-corrected chi connectivity index (χ1v) is 14.8. The summed E-state index contributed by atoms with van der Waals surface area (Å²) in [5.41, 5.74) is 4.90. The quantitative estimate of drug-likeness (QED) is 0.232. The summed E-state index contributed by atoms with van der Waals surface area (Å²) in [5, 5.41) is 7.69. The van der Waals surface area contributed by atoms with Crippen LogP contribution < -0.4 is 15.0 Å². The van der Waals surface area contributed by atoms with Crippen molar-refractivity contribution in [2.24, 2.45) is 4.99 Å². The fourth-order valence-electron chi connectivity index (χ4n) is 4.88. The van der Waals surface area contributed by atoms with Crippen molar-refractivity contribution in [1.82, 2.24) is 20.1 Å². The van der Waals surface area contributed by atoms with Crippen molar-refractivity contribution in [3.8, 4) is 22.8 Å². The molecular formula is C31H29F3N6O3S. The number of aromatic nitrogens is 3. The minimum absolute atomic E-state index is 0.0173. The number of urea groups is 1. The van der Waals surface area contributed by atoms with Gasteiger partial charge in [-0.1, -0.05) is 61.2 Å². The molecule has 0 saturated carbocycles. The van der Waals surface area contributed by atoms with Gasteiger partial charge in [-0.25, -0.2) is 14.5 Å². The molecule has 44 heavy (non-hydrogen) atoms. The van der Waals surface area contributed by atoms with E-state index >= 15 is 0 Å². The van der Waals surface area contributed by atoms with E-state index in [0.717, 1.165) is 34.4 Å². The molecule has 1 aliphatic rings. The highest BCUT2D eigenvalue weighted by Crippen LogP contribution is 2.32. The molecule has 1 N–H and O–H groups in total. The van der Waals surface area contributed by atoms with E-state index < -0.39 is 12.4 Å². The second kappa shape index (κ2) is 12.9. The molecule has 2 heterocycles. The average molecular weight is 623 g/mol. The third-order valence-corrected chi connectivity index (χ3v) is 8.01. The smallest absolute Gasteiger partial charge is 0.406 e. The molecule has 4 aromatic rings. The van der Waals surface area contributed by atoms with Gasteiger partial charge in [0.1, 0.15) is 12.1 Å². The Kier molecular flexibility index (Phi) is 9.04. The van der Waals surface area contributed by atoms with E-state index in [4.69, 9.17) is 0 Å². The van der Waals surface area contributed by atoms with Gasteiger partial charge in [-0.05, 0) is 61.2 Å². The Morgan fingerprint density at radius 1 is 1.07 bits per heavy atom. The zero-order chi connectivity index (χ0) is 31.4. The summed E-state index contributed by atoms with van der Waals surface area (Å²) in [6.07, 6.45) is -2.52. The van der Waals surface area contributed by atoms with Gasteiger partial charge in [0.25, 0.3) is 0 Å². The first-order valence-electron chi connectivity index (χ1n) is 13.8. The molecule has 0 radical (unpaired) electrons. The molecule has 1 aromatic heterocycles. The lowest BCUT2D eigenvalue weighted by Gasteiger charge is -2.21. The van der Waals surface area contributed by atoms with Crippen molar-refractivity contribution in [3.63, 3.8) is 0 Å². The first-order chi connectivity index (χ1) is 21.0. The van der Waals surface area contributed by atoms with E-state index in [-0.39, 0.29) is 23.3 Å². The maximum atomic E-state index is 12.8. The van der Waals surface area contributed by atoms with Crippen LogP contribution in [0.4, 0.5) is 23.7 Å². The number of carbonyl (C=O) groups is 2. The first kappa shape index (κ1) is 30.8. The summed E-state index contributed by atoms with van der Waals surface area (Å²) >= 11 is 1.24. The summed E-state index contributed by atoms with van der Waals surface area (Å²) in [7, 11) is 0. The summed E-state index contributed by atoms with van der Waals surface area (Å²) < 4.78 is 42.6. The van der Waals surface area contributed by atoms with Gasteiger partial charge in [0.15, 0.2) is 11.0 Å². The summed E-state index contributed by atoms with van der Waals surface area (Å²) in [6, 6.07) is 18.2. The number of benzene rings is 3. The van der Waals surface area contributed by atoms with E-state index in [9.17, 15) is 22.8 Å². The second-order valence-corrected chi connectivity index (χ2v) is 11.1. The zero-order valence-corrected chi connectivity index (χ0v) is 24.9. The Balaban J connectivity index is 1.22. The van der Waals surface area contributed by atoms with Crippen LogP contribution in [0.25, 0.3) is 17.1 Å².